The molecule has 2 nitrogen and oxygen atoms in total. The van der Waals surface area contributed by atoms with Crippen LogP contribution in [0.2, 0.25) is 0 Å². The van der Waals surface area contributed by atoms with Gasteiger partial charge in [-0.3, -0.25) is 0 Å². The highest BCUT2D eigenvalue weighted by Crippen LogP contribution is 2.39. The van der Waals surface area contributed by atoms with E-state index >= 15 is 0 Å². The summed E-state index contributed by atoms with van der Waals surface area (Å²) in [6.45, 7) is 11.0. The molecule has 0 radical (unpaired) electrons. The molecule has 20 heavy (non-hydrogen) atoms. The van der Waals surface area contributed by atoms with Crippen LogP contribution >= 0.6 is 0 Å². The number of nitrogens with one attached hydrogen (secondary N) is 1. The standard InChI is InChI=1S/C18H29NO/c1-5-19-14-13-18(11-6-12-18)20-16-9-7-15(8-10-16)17(2,3)4/h7-10,19H,5-6,11-14H2,1-4H3. The van der Waals surface area contributed by atoms with Gasteiger partial charge in [0, 0.05) is 0 Å². The van der Waals surface area contributed by atoms with Crippen LogP contribution in [0.4, 0.5) is 0 Å². The molecular formula is C18H29NO. The number of ether oxygens (including phenoxy) is 1. The SMILES string of the molecule is CCNCCC1(Oc2ccc(C(C)(C)C)cc2)CCC1. The van der Waals surface area contributed by atoms with Crippen molar-refractivity contribution in [3.05, 3.63) is 29.8 Å². The molecule has 1 aliphatic rings. The second-order valence-electron chi connectivity index (χ2n) is 7.02. The molecule has 112 valence electrons. The smallest absolute Gasteiger partial charge is 0.120 e. The van der Waals surface area contributed by atoms with Gasteiger partial charge >= 0.3 is 0 Å². The molecule has 0 unspecified atom stereocenters. The fourth-order valence-electron chi connectivity index (χ4n) is 2.74. The van der Waals surface area contributed by atoms with Crippen LogP contribution in [-0.2, 0) is 5.41 Å². The second kappa shape index (κ2) is 6.17. The van der Waals surface area contributed by atoms with Crippen molar-refractivity contribution in [3.8, 4) is 5.75 Å². The van der Waals surface area contributed by atoms with E-state index in [1.54, 1.807) is 0 Å². The van der Waals surface area contributed by atoms with Gasteiger partial charge in [-0.1, -0.05) is 39.8 Å². The van der Waals surface area contributed by atoms with Gasteiger partial charge in [0.25, 0.3) is 0 Å². The van der Waals surface area contributed by atoms with Gasteiger partial charge in [0.05, 0.1) is 0 Å². The summed E-state index contributed by atoms with van der Waals surface area (Å²) in [5.41, 5.74) is 1.66. The number of hydrogen-bond acceptors (Lipinski definition) is 2. The monoisotopic (exact) mass is 275 g/mol. The minimum absolute atomic E-state index is 0.0887. The fourth-order valence-corrected chi connectivity index (χ4v) is 2.74. The molecule has 1 N–H and O–H groups in total. The zero-order chi connectivity index (χ0) is 14.6. The van der Waals surface area contributed by atoms with Crippen molar-refractivity contribution in [3.63, 3.8) is 0 Å². The van der Waals surface area contributed by atoms with Gasteiger partial charge < -0.3 is 10.1 Å². The van der Waals surface area contributed by atoms with Crippen LogP contribution in [0.15, 0.2) is 24.3 Å². The summed E-state index contributed by atoms with van der Waals surface area (Å²) in [6, 6.07) is 8.67. The fraction of sp³-hybridized carbons (Fsp3) is 0.667. The Morgan fingerprint density at radius 3 is 2.25 bits per heavy atom. The maximum atomic E-state index is 6.31. The maximum absolute atomic E-state index is 6.31. The quantitative estimate of drug-likeness (QED) is 0.782. The molecule has 0 bridgehead atoms. The van der Waals surface area contributed by atoms with Gasteiger partial charge in [0.15, 0.2) is 0 Å². The third-order valence-electron chi connectivity index (χ3n) is 4.33. The number of hydrogen-bond donors (Lipinski definition) is 1. The molecule has 1 saturated carbocycles. The molecule has 0 spiro atoms. The van der Waals surface area contributed by atoms with Crippen LogP contribution in [0, 0.1) is 0 Å². The molecule has 0 saturated heterocycles. The second-order valence-corrected chi connectivity index (χ2v) is 7.02. The molecule has 1 aliphatic carbocycles. The van der Waals surface area contributed by atoms with Crippen molar-refractivity contribution in [2.24, 2.45) is 0 Å². The molecule has 0 atom stereocenters. The first-order valence-corrected chi connectivity index (χ1v) is 7.95. The van der Waals surface area contributed by atoms with E-state index in [0.717, 1.165) is 25.3 Å². The summed E-state index contributed by atoms with van der Waals surface area (Å²) in [6.07, 6.45) is 4.80. The Bertz CT molecular complexity index is 412. The summed E-state index contributed by atoms with van der Waals surface area (Å²) < 4.78 is 6.31. The van der Waals surface area contributed by atoms with E-state index in [2.05, 4.69) is 57.3 Å². The normalized spacial score (nSPS) is 17.6. The number of benzene rings is 1. The van der Waals surface area contributed by atoms with Crippen molar-refractivity contribution in [2.75, 3.05) is 13.1 Å². The lowest BCUT2D eigenvalue weighted by Gasteiger charge is -2.42. The topological polar surface area (TPSA) is 21.3 Å². The van der Waals surface area contributed by atoms with Crippen molar-refractivity contribution < 1.29 is 4.74 Å². The molecule has 0 aliphatic heterocycles. The van der Waals surface area contributed by atoms with Crippen LogP contribution in [0.1, 0.15) is 58.9 Å². The van der Waals surface area contributed by atoms with Gasteiger partial charge in [-0.05, 0) is 61.9 Å². The molecule has 1 fully saturated rings. The largest absolute Gasteiger partial charge is 0.487 e. The van der Waals surface area contributed by atoms with Crippen LogP contribution in [0.5, 0.6) is 5.75 Å². The van der Waals surface area contributed by atoms with Crippen LogP contribution < -0.4 is 10.1 Å². The minimum Gasteiger partial charge on any atom is -0.487 e. The highest BCUT2D eigenvalue weighted by molar-refractivity contribution is 5.31. The van der Waals surface area contributed by atoms with Crippen molar-refractivity contribution in [1.29, 1.82) is 0 Å². The van der Waals surface area contributed by atoms with Crippen molar-refractivity contribution in [2.45, 2.75) is 64.4 Å². The molecule has 2 rings (SSSR count). The lowest BCUT2D eigenvalue weighted by molar-refractivity contribution is -0.0141. The summed E-state index contributed by atoms with van der Waals surface area (Å²) in [5, 5.41) is 3.41. The predicted molar refractivity (Wildman–Crippen MR) is 85.5 cm³/mol. The lowest BCUT2D eigenvalue weighted by atomic mass is 9.77. The zero-order valence-corrected chi connectivity index (χ0v) is 13.5. The van der Waals surface area contributed by atoms with Crippen molar-refractivity contribution in [1.82, 2.24) is 5.32 Å². The molecule has 2 heteroatoms. The van der Waals surface area contributed by atoms with E-state index < -0.39 is 0 Å². The molecule has 0 heterocycles. The number of rotatable bonds is 6. The first-order chi connectivity index (χ1) is 9.45. The third-order valence-corrected chi connectivity index (χ3v) is 4.33. The summed E-state index contributed by atoms with van der Waals surface area (Å²) in [7, 11) is 0. The molecule has 0 amide bonds. The summed E-state index contributed by atoms with van der Waals surface area (Å²) >= 11 is 0. The average Bonchev–Trinajstić information content (AvgIpc) is 2.35. The van der Waals surface area contributed by atoms with E-state index in [4.69, 9.17) is 4.74 Å². The van der Waals surface area contributed by atoms with E-state index in [1.807, 2.05) is 0 Å². The molecule has 1 aromatic rings. The molecule has 0 aromatic heterocycles. The first-order valence-electron chi connectivity index (χ1n) is 7.95. The lowest BCUT2D eigenvalue weighted by Crippen LogP contribution is -2.45. The van der Waals surface area contributed by atoms with Crippen LogP contribution in [0.3, 0.4) is 0 Å². The van der Waals surface area contributed by atoms with Crippen LogP contribution in [-0.4, -0.2) is 18.7 Å². The Kier molecular flexibility index (Phi) is 4.74. The Morgan fingerprint density at radius 1 is 1.15 bits per heavy atom. The van der Waals surface area contributed by atoms with Gasteiger partial charge in [-0.15, -0.1) is 0 Å². The third kappa shape index (κ3) is 3.76. The molecular weight excluding hydrogens is 246 g/mol. The zero-order valence-electron chi connectivity index (χ0n) is 13.5. The summed E-state index contributed by atoms with van der Waals surface area (Å²) in [5.74, 6) is 1.02. The van der Waals surface area contributed by atoms with E-state index in [1.165, 1.54) is 24.8 Å². The van der Waals surface area contributed by atoms with E-state index in [-0.39, 0.29) is 11.0 Å². The Balaban J connectivity index is 1.97. The highest BCUT2D eigenvalue weighted by atomic mass is 16.5. The van der Waals surface area contributed by atoms with Gasteiger partial charge in [0.2, 0.25) is 0 Å². The van der Waals surface area contributed by atoms with Gasteiger partial charge in [-0.25, -0.2) is 0 Å². The van der Waals surface area contributed by atoms with Gasteiger partial charge in [0.1, 0.15) is 11.4 Å². The van der Waals surface area contributed by atoms with Crippen LogP contribution in [0.25, 0.3) is 0 Å². The Labute approximate surface area is 123 Å². The minimum atomic E-state index is 0.0887. The van der Waals surface area contributed by atoms with E-state index in [0.29, 0.717) is 0 Å². The Morgan fingerprint density at radius 2 is 1.80 bits per heavy atom. The average molecular weight is 275 g/mol. The van der Waals surface area contributed by atoms with Gasteiger partial charge in [-0.2, -0.15) is 0 Å². The maximum Gasteiger partial charge on any atom is 0.120 e. The first kappa shape index (κ1) is 15.4. The van der Waals surface area contributed by atoms with E-state index in [9.17, 15) is 0 Å². The Hall–Kier alpha value is -1.02. The summed E-state index contributed by atoms with van der Waals surface area (Å²) in [4.78, 5) is 0. The predicted octanol–water partition coefficient (Wildman–Crippen LogP) is 4.29. The highest BCUT2D eigenvalue weighted by Gasteiger charge is 2.38. The van der Waals surface area contributed by atoms with Crippen molar-refractivity contribution >= 4 is 0 Å². The molecule has 1 aromatic carbocycles.